The molecular formula is C13H26N2O. The van der Waals surface area contributed by atoms with Gasteiger partial charge in [0.25, 0.3) is 0 Å². The fraction of sp³-hybridized carbons (Fsp3) is 1.00. The summed E-state index contributed by atoms with van der Waals surface area (Å²) >= 11 is 0. The topological polar surface area (TPSA) is 24.5 Å². The maximum atomic E-state index is 5.42. The fourth-order valence-corrected chi connectivity index (χ4v) is 3.14. The van der Waals surface area contributed by atoms with Gasteiger partial charge in [-0.05, 0) is 26.2 Å². The van der Waals surface area contributed by atoms with Crippen molar-refractivity contribution < 1.29 is 4.74 Å². The average Bonchev–Trinajstić information content (AvgIpc) is 2.35. The first kappa shape index (κ1) is 12.3. The lowest BCUT2D eigenvalue weighted by molar-refractivity contribution is 0.0715. The maximum absolute atomic E-state index is 5.42. The third-order valence-corrected chi connectivity index (χ3v) is 3.94. The van der Waals surface area contributed by atoms with E-state index in [4.69, 9.17) is 4.74 Å². The van der Waals surface area contributed by atoms with E-state index in [2.05, 4.69) is 17.1 Å². The molecule has 2 fully saturated rings. The molecule has 3 nitrogen and oxygen atoms in total. The number of ether oxygens (including phenoxy) is 1. The molecule has 1 saturated heterocycles. The Balaban J connectivity index is 1.74. The van der Waals surface area contributed by atoms with Crippen molar-refractivity contribution in [3.63, 3.8) is 0 Å². The van der Waals surface area contributed by atoms with E-state index in [1.165, 1.54) is 51.7 Å². The highest BCUT2D eigenvalue weighted by molar-refractivity contribution is 4.91. The van der Waals surface area contributed by atoms with Crippen molar-refractivity contribution in [1.82, 2.24) is 10.2 Å². The highest BCUT2D eigenvalue weighted by Crippen LogP contribution is 2.25. The summed E-state index contributed by atoms with van der Waals surface area (Å²) < 4.78 is 5.42. The number of nitrogens with zero attached hydrogens (tertiary/aromatic N) is 1. The molecule has 0 radical (unpaired) electrons. The quantitative estimate of drug-likeness (QED) is 0.721. The standard InChI is InChI=1S/C13H26N2O/c1-2-16-11-5-9-15-10-8-14-12-6-3-4-7-13(12)15/h12-14H,2-11H2,1H3/t12-,13+/m1/s1. The zero-order valence-electron chi connectivity index (χ0n) is 10.6. The van der Waals surface area contributed by atoms with Crippen LogP contribution in [0.5, 0.6) is 0 Å². The van der Waals surface area contributed by atoms with E-state index in [1.54, 1.807) is 0 Å². The number of rotatable bonds is 5. The van der Waals surface area contributed by atoms with Gasteiger partial charge in [0, 0.05) is 44.9 Å². The first-order valence-corrected chi connectivity index (χ1v) is 6.97. The second-order valence-electron chi connectivity index (χ2n) is 5.00. The number of fused-ring (bicyclic) bond motifs is 1. The Morgan fingerprint density at radius 1 is 1.31 bits per heavy atom. The maximum Gasteiger partial charge on any atom is 0.0478 e. The average molecular weight is 226 g/mol. The molecule has 0 aromatic rings. The molecule has 1 heterocycles. The number of nitrogens with one attached hydrogen (secondary N) is 1. The van der Waals surface area contributed by atoms with Crippen molar-refractivity contribution in [3.8, 4) is 0 Å². The Hall–Kier alpha value is -0.120. The molecule has 1 N–H and O–H groups in total. The van der Waals surface area contributed by atoms with Gasteiger partial charge < -0.3 is 10.1 Å². The fourth-order valence-electron chi connectivity index (χ4n) is 3.14. The van der Waals surface area contributed by atoms with Crippen molar-refractivity contribution in [2.24, 2.45) is 0 Å². The van der Waals surface area contributed by atoms with Crippen LogP contribution in [0.25, 0.3) is 0 Å². The number of piperazine rings is 1. The van der Waals surface area contributed by atoms with Gasteiger partial charge in [-0.25, -0.2) is 0 Å². The molecule has 3 heteroatoms. The molecule has 0 aromatic carbocycles. The van der Waals surface area contributed by atoms with Crippen LogP contribution in [0.1, 0.15) is 39.0 Å². The lowest BCUT2D eigenvalue weighted by atomic mass is 9.87. The molecule has 94 valence electrons. The van der Waals surface area contributed by atoms with Crippen LogP contribution < -0.4 is 5.32 Å². The Kier molecular flexibility index (Phi) is 5.07. The second-order valence-corrected chi connectivity index (χ2v) is 5.00. The Morgan fingerprint density at radius 2 is 2.19 bits per heavy atom. The van der Waals surface area contributed by atoms with E-state index < -0.39 is 0 Å². The first-order chi connectivity index (χ1) is 7.92. The largest absolute Gasteiger partial charge is 0.382 e. The third-order valence-electron chi connectivity index (χ3n) is 3.94. The first-order valence-electron chi connectivity index (χ1n) is 6.97. The van der Waals surface area contributed by atoms with E-state index in [9.17, 15) is 0 Å². The molecule has 0 spiro atoms. The van der Waals surface area contributed by atoms with Gasteiger partial charge in [-0.3, -0.25) is 4.90 Å². The lowest BCUT2D eigenvalue weighted by Gasteiger charge is -2.44. The minimum atomic E-state index is 0.773. The van der Waals surface area contributed by atoms with Gasteiger partial charge in [0.2, 0.25) is 0 Å². The van der Waals surface area contributed by atoms with Gasteiger partial charge in [-0.1, -0.05) is 12.8 Å². The van der Waals surface area contributed by atoms with Crippen LogP contribution in [-0.2, 0) is 4.74 Å². The summed E-state index contributed by atoms with van der Waals surface area (Å²) in [6, 6.07) is 1.58. The number of hydrogen-bond acceptors (Lipinski definition) is 3. The van der Waals surface area contributed by atoms with Crippen LogP contribution in [0.2, 0.25) is 0 Å². The molecule has 0 unspecified atom stereocenters. The minimum absolute atomic E-state index is 0.773. The molecule has 1 aliphatic heterocycles. The van der Waals surface area contributed by atoms with E-state index in [1.807, 2.05) is 0 Å². The predicted octanol–water partition coefficient (Wildman–Crippen LogP) is 1.63. The molecule has 1 aliphatic carbocycles. The Bertz CT molecular complexity index is 196. The summed E-state index contributed by atoms with van der Waals surface area (Å²) in [6.45, 7) is 7.49. The summed E-state index contributed by atoms with van der Waals surface area (Å²) in [5, 5.41) is 3.68. The summed E-state index contributed by atoms with van der Waals surface area (Å²) in [6.07, 6.45) is 6.81. The van der Waals surface area contributed by atoms with Crippen LogP contribution in [0.4, 0.5) is 0 Å². The van der Waals surface area contributed by atoms with E-state index >= 15 is 0 Å². The normalized spacial score (nSPS) is 31.3. The molecular weight excluding hydrogens is 200 g/mol. The van der Waals surface area contributed by atoms with Crippen molar-refractivity contribution in [1.29, 1.82) is 0 Å². The molecule has 0 bridgehead atoms. The lowest BCUT2D eigenvalue weighted by Crippen LogP contribution is -2.59. The molecule has 0 aromatic heterocycles. The van der Waals surface area contributed by atoms with Gasteiger partial charge >= 0.3 is 0 Å². The monoisotopic (exact) mass is 226 g/mol. The Morgan fingerprint density at radius 3 is 3.06 bits per heavy atom. The SMILES string of the molecule is CCOCCCN1CCN[C@@H]2CCCC[C@@H]21. The summed E-state index contributed by atoms with van der Waals surface area (Å²) in [7, 11) is 0. The van der Waals surface area contributed by atoms with Crippen molar-refractivity contribution in [2.45, 2.75) is 51.1 Å². The smallest absolute Gasteiger partial charge is 0.0478 e. The van der Waals surface area contributed by atoms with Crippen LogP contribution in [0.3, 0.4) is 0 Å². The summed E-state index contributed by atoms with van der Waals surface area (Å²) in [5.74, 6) is 0. The van der Waals surface area contributed by atoms with Crippen molar-refractivity contribution >= 4 is 0 Å². The van der Waals surface area contributed by atoms with Crippen LogP contribution >= 0.6 is 0 Å². The predicted molar refractivity (Wildman–Crippen MR) is 66.7 cm³/mol. The molecule has 16 heavy (non-hydrogen) atoms. The second kappa shape index (κ2) is 6.58. The Labute approximate surface area is 99.5 Å². The molecule has 1 saturated carbocycles. The molecule has 2 atom stereocenters. The van der Waals surface area contributed by atoms with Crippen LogP contribution in [0, 0.1) is 0 Å². The van der Waals surface area contributed by atoms with Crippen molar-refractivity contribution in [2.75, 3.05) is 32.8 Å². The zero-order valence-corrected chi connectivity index (χ0v) is 10.6. The summed E-state index contributed by atoms with van der Waals surface area (Å²) in [4.78, 5) is 2.69. The molecule has 0 amide bonds. The van der Waals surface area contributed by atoms with Gasteiger partial charge in [0.1, 0.15) is 0 Å². The van der Waals surface area contributed by atoms with Crippen molar-refractivity contribution in [3.05, 3.63) is 0 Å². The summed E-state index contributed by atoms with van der Waals surface area (Å²) in [5.41, 5.74) is 0. The molecule has 2 rings (SSSR count). The van der Waals surface area contributed by atoms with Crippen LogP contribution in [0.15, 0.2) is 0 Å². The highest BCUT2D eigenvalue weighted by Gasteiger charge is 2.32. The van der Waals surface area contributed by atoms with Gasteiger partial charge in [-0.15, -0.1) is 0 Å². The van der Waals surface area contributed by atoms with E-state index in [-0.39, 0.29) is 0 Å². The van der Waals surface area contributed by atoms with E-state index in [0.29, 0.717) is 0 Å². The highest BCUT2D eigenvalue weighted by atomic mass is 16.5. The van der Waals surface area contributed by atoms with E-state index in [0.717, 1.165) is 25.3 Å². The van der Waals surface area contributed by atoms with Gasteiger partial charge in [0.15, 0.2) is 0 Å². The van der Waals surface area contributed by atoms with Gasteiger partial charge in [-0.2, -0.15) is 0 Å². The zero-order chi connectivity index (χ0) is 11.2. The minimum Gasteiger partial charge on any atom is -0.382 e. The molecule has 2 aliphatic rings. The van der Waals surface area contributed by atoms with Crippen LogP contribution in [-0.4, -0.2) is 49.8 Å². The third kappa shape index (κ3) is 3.19. The van der Waals surface area contributed by atoms with Gasteiger partial charge in [0.05, 0.1) is 0 Å². The number of hydrogen-bond donors (Lipinski definition) is 1.